The Morgan fingerprint density at radius 3 is 3.12 bits per heavy atom. The van der Waals surface area contributed by atoms with Crippen LogP contribution in [0.5, 0.6) is 5.06 Å². The highest BCUT2D eigenvalue weighted by Crippen LogP contribution is 2.16. The molecule has 8 heavy (non-hydrogen) atoms. The van der Waals surface area contributed by atoms with Gasteiger partial charge in [-0.1, -0.05) is 6.42 Å². The van der Waals surface area contributed by atoms with Crippen LogP contribution in [0, 0.1) is 12.5 Å². The maximum absolute atomic E-state index is 4.85. The van der Waals surface area contributed by atoms with E-state index in [1.807, 2.05) is 17.5 Å². The van der Waals surface area contributed by atoms with E-state index >= 15 is 0 Å². The summed E-state index contributed by atoms with van der Waals surface area (Å²) >= 11 is 1.48. The first kappa shape index (κ1) is 5.20. The van der Waals surface area contributed by atoms with E-state index < -0.39 is 0 Å². The minimum atomic E-state index is 0.771. The molecule has 0 unspecified atom stereocenters. The van der Waals surface area contributed by atoms with E-state index in [4.69, 9.17) is 11.2 Å². The van der Waals surface area contributed by atoms with E-state index in [0.717, 1.165) is 5.06 Å². The van der Waals surface area contributed by atoms with Crippen molar-refractivity contribution in [3.63, 3.8) is 0 Å². The van der Waals surface area contributed by atoms with Gasteiger partial charge in [-0.05, 0) is 17.5 Å². The molecular weight excluding hydrogens is 120 g/mol. The van der Waals surface area contributed by atoms with E-state index in [2.05, 4.69) is 6.11 Å². The molecule has 0 fully saturated rings. The van der Waals surface area contributed by atoms with Crippen LogP contribution in [0.25, 0.3) is 0 Å². The molecule has 2 heteroatoms. The van der Waals surface area contributed by atoms with Gasteiger partial charge in [0.05, 0.1) is 0 Å². The van der Waals surface area contributed by atoms with Gasteiger partial charge in [-0.15, -0.1) is 11.3 Å². The van der Waals surface area contributed by atoms with Gasteiger partial charge in [-0.2, -0.15) is 0 Å². The molecule has 1 rings (SSSR count). The van der Waals surface area contributed by atoms with Gasteiger partial charge < -0.3 is 4.74 Å². The average molecular weight is 124 g/mol. The quantitative estimate of drug-likeness (QED) is 0.518. The Morgan fingerprint density at radius 2 is 2.62 bits per heavy atom. The Morgan fingerprint density at radius 1 is 1.75 bits per heavy atom. The Labute approximate surface area is 51.9 Å². The minimum absolute atomic E-state index is 0.771. The summed E-state index contributed by atoms with van der Waals surface area (Å²) in [6.45, 7) is 0. The molecule has 1 aromatic rings. The van der Waals surface area contributed by atoms with Crippen molar-refractivity contribution in [3.8, 4) is 17.6 Å². The van der Waals surface area contributed by atoms with Gasteiger partial charge in [-0.25, -0.2) is 0 Å². The van der Waals surface area contributed by atoms with Crippen LogP contribution < -0.4 is 4.74 Å². The predicted octanol–water partition coefficient (Wildman–Crippen LogP) is 1.72. The fourth-order valence-corrected chi connectivity index (χ4v) is 0.924. The lowest BCUT2D eigenvalue weighted by molar-refractivity contribution is 0.536. The Hall–Kier alpha value is -0.940. The Kier molecular flexibility index (Phi) is 1.55. The van der Waals surface area contributed by atoms with Crippen molar-refractivity contribution in [2.75, 3.05) is 0 Å². The van der Waals surface area contributed by atoms with Crippen LogP contribution in [0.4, 0.5) is 0 Å². The number of rotatable bonds is 1. The summed E-state index contributed by atoms with van der Waals surface area (Å²) in [7, 11) is 0. The van der Waals surface area contributed by atoms with E-state index in [1.165, 1.54) is 11.3 Å². The zero-order valence-corrected chi connectivity index (χ0v) is 4.94. The van der Waals surface area contributed by atoms with Crippen LogP contribution in [-0.4, -0.2) is 0 Å². The molecular formula is C6H4OS. The van der Waals surface area contributed by atoms with E-state index in [0.29, 0.717) is 0 Å². The van der Waals surface area contributed by atoms with E-state index in [9.17, 15) is 0 Å². The van der Waals surface area contributed by atoms with Crippen molar-refractivity contribution in [1.29, 1.82) is 0 Å². The average Bonchev–Trinajstić information content (AvgIpc) is 2.19. The molecule has 0 bridgehead atoms. The number of terminal acetylenes is 1. The third-order valence-corrected chi connectivity index (χ3v) is 1.40. The van der Waals surface area contributed by atoms with Gasteiger partial charge in [-0.3, -0.25) is 0 Å². The second-order valence-electron chi connectivity index (χ2n) is 1.15. The second kappa shape index (κ2) is 2.39. The number of thiophene rings is 1. The highest BCUT2D eigenvalue weighted by Gasteiger charge is 1.86. The monoisotopic (exact) mass is 124 g/mol. The van der Waals surface area contributed by atoms with Crippen molar-refractivity contribution in [1.82, 2.24) is 0 Å². The van der Waals surface area contributed by atoms with Crippen molar-refractivity contribution >= 4 is 11.3 Å². The SMILES string of the molecule is C#COc1cccs1. The molecule has 0 spiro atoms. The van der Waals surface area contributed by atoms with Gasteiger partial charge in [0.1, 0.15) is 6.11 Å². The van der Waals surface area contributed by atoms with Crippen LogP contribution in [-0.2, 0) is 0 Å². The normalized spacial score (nSPS) is 7.88. The lowest BCUT2D eigenvalue weighted by Gasteiger charge is -1.83. The van der Waals surface area contributed by atoms with Crippen LogP contribution in [0.2, 0.25) is 0 Å². The predicted molar refractivity (Wildman–Crippen MR) is 33.8 cm³/mol. The lowest BCUT2D eigenvalue weighted by atomic mass is 10.7. The molecule has 0 aliphatic carbocycles. The van der Waals surface area contributed by atoms with Gasteiger partial charge >= 0.3 is 0 Å². The molecule has 1 heterocycles. The largest absolute Gasteiger partial charge is 0.397 e. The highest BCUT2D eigenvalue weighted by atomic mass is 32.1. The maximum Gasteiger partial charge on any atom is 0.193 e. The third-order valence-electron chi connectivity index (χ3n) is 0.655. The summed E-state index contributed by atoms with van der Waals surface area (Å²) in [5.74, 6) is 0. The smallest absolute Gasteiger partial charge is 0.193 e. The zero-order valence-electron chi connectivity index (χ0n) is 4.13. The molecule has 40 valence electrons. The molecule has 0 radical (unpaired) electrons. The summed E-state index contributed by atoms with van der Waals surface area (Å²) in [6.07, 6.45) is 6.93. The summed E-state index contributed by atoms with van der Waals surface area (Å²) in [5.41, 5.74) is 0. The van der Waals surface area contributed by atoms with Crippen LogP contribution >= 0.6 is 11.3 Å². The van der Waals surface area contributed by atoms with Crippen molar-refractivity contribution in [2.24, 2.45) is 0 Å². The maximum atomic E-state index is 4.85. The molecule has 0 saturated carbocycles. The van der Waals surface area contributed by atoms with Gasteiger partial charge in [0.25, 0.3) is 0 Å². The summed E-state index contributed by atoms with van der Waals surface area (Å²) in [5, 5.41) is 2.68. The van der Waals surface area contributed by atoms with Crippen LogP contribution in [0.3, 0.4) is 0 Å². The van der Waals surface area contributed by atoms with E-state index in [-0.39, 0.29) is 0 Å². The lowest BCUT2D eigenvalue weighted by Crippen LogP contribution is -1.72. The summed E-state index contributed by atoms with van der Waals surface area (Å²) < 4.78 is 4.69. The van der Waals surface area contributed by atoms with Crippen LogP contribution in [0.15, 0.2) is 17.5 Å². The summed E-state index contributed by atoms with van der Waals surface area (Å²) in [6, 6.07) is 3.71. The van der Waals surface area contributed by atoms with Crippen molar-refractivity contribution < 1.29 is 4.74 Å². The first-order valence-electron chi connectivity index (χ1n) is 2.09. The Bertz CT molecular complexity index is 183. The first-order valence-corrected chi connectivity index (χ1v) is 2.97. The molecule has 0 aromatic carbocycles. The minimum Gasteiger partial charge on any atom is -0.397 e. The first-order chi connectivity index (χ1) is 3.93. The molecule has 0 N–H and O–H groups in total. The van der Waals surface area contributed by atoms with Gasteiger partial charge in [0, 0.05) is 0 Å². The molecule has 0 atom stereocenters. The topological polar surface area (TPSA) is 9.23 Å². The molecule has 0 amide bonds. The molecule has 0 aliphatic rings. The highest BCUT2D eigenvalue weighted by molar-refractivity contribution is 7.11. The van der Waals surface area contributed by atoms with Gasteiger partial charge in [0.15, 0.2) is 5.06 Å². The molecule has 0 aliphatic heterocycles. The fourth-order valence-electron chi connectivity index (χ4n) is 0.380. The Balaban J connectivity index is 2.67. The van der Waals surface area contributed by atoms with Crippen molar-refractivity contribution in [2.45, 2.75) is 0 Å². The van der Waals surface area contributed by atoms with Crippen molar-refractivity contribution in [3.05, 3.63) is 17.5 Å². The molecule has 1 nitrogen and oxygen atoms in total. The summed E-state index contributed by atoms with van der Waals surface area (Å²) in [4.78, 5) is 0. The second-order valence-corrected chi connectivity index (χ2v) is 2.06. The van der Waals surface area contributed by atoms with Crippen LogP contribution in [0.1, 0.15) is 0 Å². The number of hydrogen-bond donors (Lipinski definition) is 0. The standard InChI is InChI=1S/C6H4OS/c1-2-7-6-4-3-5-8-6/h1,3-5H. The van der Waals surface area contributed by atoms with E-state index in [1.54, 1.807) is 0 Å². The fraction of sp³-hybridized carbons (Fsp3) is 0. The molecule has 0 saturated heterocycles. The van der Waals surface area contributed by atoms with Gasteiger partial charge in [0.2, 0.25) is 0 Å². The number of ether oxygens (including phenoxy) is 1. The molecule has 1 aromatic heterocycles. The third kappa shape index (κ3) is 1.02. The zero-order chi connectivity index (χ0) is 5.82. The number of hydrogen-bond acceptors (Lipinski definition) is 2.